The Morgan fingerprint density at radius 2 is 2.11 bits per heavy atom. The van der Waals surface area contributed by atoms with E-state index in [9.17, 15) is 9.90 Å². The van der Waals surface area contributed by atoms with Crippen molar-refractivity contribution in [2.45, 2.75) is 64.7 Å². The fraction of sp³-hybridized carbons (Fsp3) is 0.429. The summed E-state index contributed by atoms with van der Waals surface area (Å²) in [5, 5.41) is 14.1. The van der Waals surface area contributed by atoms with Crippen LogP contribution < -0.4 is 10.1 Å². The molecule has 3 aromatic rings. The highest BCUT2D eigenvalue weighted by Crippen LogP contribution is 2.41. The topological polar surface area (TPSA) is 74.7 Å². The van der Waals surface area contributed by atoms with Crippen molar-refractivity contribution in [1.82, 2.24) is 15.2 Å². The molecule has 184 valence electrons. The first-order chi connectivity index (χ1) is 16.9. The fourth-order valence-corrected chi connectivity index (χ4v) is 6.08. The van der Waals surface area contributed by atoms with Crippen LogP contribution in [0.15, 0.2) is 42.6 Å². The van der Waals surface area contributed by atoms with Gasteiger partial charge in [0.25, 0.3) is 0 Å². The van der Waals surface area contributed by atoms with E-state index in [0.717, 1.165) is 52.4 Å². The lowest BCUT2D eigenvalue weighted by Gasteiger charge is -2.31. The minimum Gasteiger partial charge on any atom is -0.491 e. The Kier molecular flexibility index (Phi) is 6.80. The number of carbonyl (C=O) groups is 1. The van der Waals surface area contributed by atoms with E-state index >= 15 is 0 Å². The number of amides is 2. The van der Waals surface area contributed by atoms with Gasteiger partial charge >= 0.3 is 6.03 Å². The summed E-state index contributed by atoms with van der Waals surface area (Å²) >= 11 is 1.70. The lowest BCUT2D eigenvalue weighted by atomic mass is 10.0. The van der Waals surface area contributed by atoms with Crippen molar-refractivity contribution in [3.63, 3.8) is 0 Å². The number of aryl methyl sites for hydroxylation is 1. The molecule has 0 bridgehead atoms. The molecule has 2 aliphatic rings. The van der Waals surface area contributed by atoms with Gasteiger partial charge in [-0.1, -0.05) is 18.2 Å². The molecule has 1 saturated heterocycles. The largest absolute Gasteiger partial charge is 0.491 e. The molecule has 1 aliphatic heterocycles. The van der Waals surface area contributed by atoms with Crippen LogP contribution in [0.3, 0.4) is 0 Å². The molecule has 1 aliphatic carbocycles. The molecule has 2 unspecified atom stereocenters. The van der Waals surface area contributed by atoms with E-state index in [1.807, 2.05) is 26.1 Å². The van der Waals surface area contributed by atoms with Gasteiger partial charge in [-0.05, 0) is 86.9 Å². The summed E-state index contributed by atoms with van der Waals surface area (Å²) in [7, 11) is 0. The minimum atomic E-state index is -0.416. The van der Waals surface area contributed by atoms with Gasteiger partial charge < -0.3 is 20.1 Å². The summed E-state index contributed by atoms with van der Waals surface area (Å²) in [6.45, 7) is 7.26. The number of likely N-dealkylation sites (tertiary alicyclic amines) is 1. The molecular weight excluding hydrogens is 458 g/mol. The number of ether oxygens (including phenoxy) is 1. The monoisotopic (exact) mass is 491 g/mol. The van der Waals surface area contributed by atoms with Crippen LogP contribution in [0.4, 0.5) is 4.79 Å². The van der Waals surface area contributed by atoms with Crippen LogP contribution in [0.2, 0.25) is 0 Å². The summed E-state index contributed by atoms with van der Waals surface area (Å²) < 4.78 is 5.88. The lowest BCUT2D eigenvalue weighted by Crippen LogP contribution is -2.47. The van der Waals surface area contributed by atoms with Crippen LogP contribution in [0, 0.1) is 6.92 Å². The number of fused-ring (bicyclic) bond motifs is 1. The molecule has 6 nitrogen and oxygen atoms in total. The number of nitrogens with zero attached hydrogens (tertiary/aromatic N) is 2. The molecule has 1 aromatic heterocycles. The molecule has 2 heterocycles. The number of piperidine rings is 1. The Hall–Kier alpha value is -2.90. The number of β-amino-alcohol motifs (C(OH)–C–C–N with tert-alkyl or cyclic N) is 1. The van der Waals surface area contributed by atoms with Crippen molar-refractivity contribution in [2.24, 2.45) is 0 Å². The van der Waals surface area contributed by atoms with Gasteiger partial charge in [0.05, 0.1) is 23.1 Å². The zero-order chi connectivity index (χ0) is 24.5. The number of carbonyl (C=O) groups excluding carboxylic acids is 1. The molecule has 0 radical (unpaired) electrons. The molecule has 35 heavy (non-hydrogen) atoms. The van der Waals surface area contributed by atoms with Crippen molar-refractivity contribution in [2.75, 3.05) is 13.1 Å². The maximum absolute atomic E-state index is 12.8. The van der Waals surface area contributed by atoms with E-state index in [4.69, 9.17) is 9.72 Å². The Morgan fingerprint density at radius 3 is 2.89 bits per heavy atom. The second-order valence-electron chi connectivity index (χ2n) is 9.83. The number of thiazole rings is 1. The fourth-order valence-electron chi connectivity index (χ4n) is 5.12. The van der Waals surface area contributed by atoms with Gasteiger partial charge in [-0.3, -0.25) is 0 Å². The quantitative estimate of drug-likeness (QED) is 0.478. The van der Waals surface area contributed by atoms with Crippen molar-refractivity contribution < 1.29 is 14.6 Å². The molecule has 1 fully saturated rings. The van der Waals surface area contributed by atoms with E-state index in [1.165, 1.54) is 16.7 Å². The first kappa shape index (κ1) is 23.8. The van der Waals surface area contributed by atoms with Gasteiger partial charge in [0.2, 0.25) is 0 Å². The highest BCUT2D eigenvalue weighted by Gasteiger charge is 2.29. The molecular formula is C28H33N3O3S. The molecule has 2 atom stereocenters. The summed E-state index contributed by atoms with van der Waals surface area (Å²) in [6, 6.07) is 12.5. The molecule has 7 heteroatoms. The van der Waals surface area contributed by atoms with E-state index in [1.54, 1.807) is 16.2 Å². The number of nitrogens with one attached hydrogen (secondary N) is 1. The van der Waals surface area contributed by atoms with Crippen molar-refractivity contribution in [1.29, 1.82) is 0 Å². The Labute approximate surface area is 211 Å². The van der Waals surface area contributed by atoms with Crippen LogP contribution in [0.25, 0.3) is 21.0 Å². The number of aliphatic hydroxyl groups is 1. The standard InChI is InChI=1S/C28H33N3O3S/c1-17(2)34-25-12-9-19(14-18(25)3)27-29-15-26(35-27)23-8-4-7-22-21(23)10-11-24(22)30-28(33)31-13-5-6-20(32)16-31/h4,7-9,12,14-15,17,20,24,32H,5-6,10-11,13,16H2,1-3H3,(H,30,33). The molecule has 2 N–H and O–H groups in total. The van der Waals surface area contributed by atoms with Crippen molar-refractivity contribution >= 4 is 17.4 Å². The predicted octanol–water partition coefficient (Wildman–Crippen LogP) is 5.73. The zero-order valence-corrected chi connectivity index (χ0v) is 21.4. The SMILES string of the molecule is Cc1cc(-c2ncc(-c3cccc4c3CCC4NC(=O)N3CCCC(O)C3)s2)ccc1OC(C)C. The smallest absolute Gasteiger partial charge is 0.317 e. The second-order valence-corrected chi connectivity index (χ2v) is 10.9. The maximum atomic E-state index is 12.8. The molecule has 0 saturated carbocycles. The van der Waals surface area contributed by atoms with Crippen molar-refractivity contribution in [3.05, 3.63) is 59.3 Å². The van der Waals surface area contributed by atoms with Crippen molar-refractivity contribution in [3.8, 4) is 26.8 Å². The lowest BCUT2D eigenvalue weighted by molar-refractivity contribution is 0.0833. The van der Waals surface area contributed by atoms with Crippen LogP contribution >= 0.6 is 11.3 Å². The number of aliphatic hydroxyl groups excluding tert-OH is 1. The van der Waals surface area contributed by atoms with Gasteiger partial charge in [-0.2, -0.15) is 0 Å². The Bertz CT molecular complexity index is 1220. The number of aromatic nitrogens is 1. The van der Waals surface area contributed by atoms with Gasteiger partial charge in [0.1, 0.15) is 10.8 Å². The van der Waals surface area contributed by atoms with Crippen LogP contribution in [0.1, 0.15) is 55.8 Å². The third-order valence-electron chi connectivity index (χ3n) is 6.81. The van der Waals surface area contributed by atoms with Crippen LogP contribution in [-0.4, -0.2) is 46.3 Å². The van der Waals surface area contributed by atoms with Gasteiger partial charge in [-0.25, -0.2) is 9.78 Å². The summed E-state index contributed by atoms with van der Waals surface area (Å²) in [5.41, 5.74) is 5.88. The first-order valence-corrected chi connectivity index (χ1v) is 13.3. The van der Waals surface area contributed by atoms with E-state index in [2.05, 4.69) is 42.6 Å². The number of rotatable bonds is 5. The Balaban J connectivity index is 1.34. The number of benzene rings is 2. The van der Waals surface area contributed by atoms with E-state index in [0.29, 0.717) is 13.1 Å². The number of urea groups is 1. The third kappa shape index (κ3) is 5.07. The van der Waals surface area contributed by atoms with E-state index < -0.39 is 6.10 Å². The maximum Gasteiger partial charge on any atom is 0.317 e. The summed E-state index contributed by atoms with van der Waals surface area (Å²) in [6.07, 6.45) is 5.12. The minimum absolute atomic E-state index is 0.0000578. The Morgan fingerprint density at radius 1 is 1.26 bits per heavy atom. The highest BCUT2D eigenvalue weighted by atomic mass is 32.1. The average Bonchev–Trinajstić information content (AvgIpc) is 3.48. The normalized spacial score (nSPS) is 19.6. The predicted molar refractivity (Wildman–Crippen MR) is 140 cm³/mol. The molecule has 2 aromatic carbocycles. The average molecular weight is 492 g/mol. The van der Waals surface area contributed by atoms with Crippen LogP contribution in [0.5, 0.6) is 5.75 Å². The van der Waals surface area contributed by atoms with Gasteiger partial charge in [0, 0.05) is 24.8 Å². The third-order valence-corrected chi connectivity index (χ3v) is 7.89. The second kappa shape index (κ2) is 9.99. The summed E-state index contributed by atoms with van der Waals surface area (Å²) in [5.74, 6) is 0.911. The molecule has 5 rings (SSSR count). The van der Waals surface area contributed by atoms with Gasteiger partial charge in [0.15, 0.2) is 0 Å². The number of hydrogen-bond acceptors (Lipinski definition) is 5. The summed E-state index contributed by atoms with van der Waals surface area (Å²) in [4.78, 5) is 20.4. The highest BCUT2D eigenvalue weighted by molar-refractivity contribution is 7.18. The molecule has 2 amide bonds. The van der Waals surface area contributed by atoms with Gasteiger partial charge in [-0.15, -0.1) is 11.3 Å². The number of hydrogen-bond donors (Lipinski definition) is 2. The van der Waals surface area contributed by atoms with E-state index in [-0.39, 0.29) is 18.2 Å². The first-order valence-electron chi connectivity index (χ1n) is 12.5. The zero-order valence-electron chi connectivity index (χ0n) is 20.6. The van der Waals surface area contributed by atoms with Crippen LogP contribution in [-0.2, 0) is 6.42 Å². The molecule has 0 spiro atoms.